The van der Waals surface area contributed by atoms with Crippen LogP contribution in [0.15, 0.2) is 12.3 Å². The summed E-state index contributed by atoms with van der Waals surface area (Å²) in [4.78, 5) is 6.16. The molecule has 0 N–H and O–H groups in total. The van der Waals surface area contributed by atoms with Gasteiger partial charge in [-0.25, -0.2) is 0 Å². The van der Waals surface area contributed by atoms with Gasteiger partial charge in [-0.2, -0.15) is 0 Å². The molecule has 1 aromatic heterocycles. The lowest BCUT2D eigenvalue weighted by molar-refractivity contribution is 0.854. The standard InChI is InChI=1S/C10H13Cl3N2.ClH/c1-15(6-2-4-11)9-3-5-14-8(7-12)10(9)13;/h3,5H,2,4,6-7H2,1H3;1H. The summed E-state index contributed by atoms with van der Waals surface area (Å²) in [5.41, 5.74) is 1.67. The van der Waals surface area contributed by atoms with Crippen molar-refractivity contribution in [1.29, 1.82) is 0 Å². The van der Waals surface area contributed by atoms with Crippen LogP contribution in [0, 0.1) is 0 Å². The van der Waals surface area contributed by atoms with Crippen molar-refractivity contribution >= 4 is 52.9 Å². The van der Waals surface area contributed by atoms with Crippen LogP contribution in [0.5, 0.6) is 0 Å². The van der Waals surface area contributed by atoms with Gasteiger partial charge in [-0.1, -0.05) is 11.6 Å². The number of alkyl halides is 2. The summed E-state index contributed by atoms with van der Waals surface area (Å²) in [6, 6.07) is 1.88. The lowest BCUT2D eigenvalue weighted by Crippen LogP contribution is -2.19. The molecule has 0 aliphatic rings. The van der Waals surface area contributed by atoms with Crippen LogP contribution < -0.4 is 4.90 Å². The van der Waals surface area contributed by atoms with Crippen molar-refractivity contribution in [3.05, 3.63) is 23.0 Å². The van der Waals surface area contributed by atoms with E-state index in [0.29, 0.717) is 22.5 Å². The molecular formula is C10H14Cl4N2. The average molecular weight is 304 g/mol. The van der Waals surface area contributed by atoms with Gasteiger partial charge in [0.2, 0.25) is 0 Å². The Kier molecular flexibility index (Phi) is 8.29. The molecule has 0 amide bonds. The summed E-state index contributed by atoms with van der Waals surface area (Å²) in [6.07, 6.45) is 2.64. The number of nitrogens with zero attached hydrogens (tertiary/aromatic N) is 2. The molecule has 0 aliphatic carbocycles. The maximum Gasteiger partial charge on any atom is 0.0867 e. The average Bonchev–Trinajstić information content (AvgIpc) is 2.26. The van der Waals surface area contributed by atoms with E-state index >= 15 is 0 Å². The SMILES string of the molecule is CN(CCCCl)c1ccnc(CCl)c1Cl.Cl. The van der Waals surface area contributed by atoms with Crippen molar-refractivity contribution in [2.24, 2.45) is 0 Å². The van der Waals surface area contributed by atoms with Crippen molar-refractivity contribution < 1.29 is 0 Å². The minimum atomic E-state index is 0. The lowest BCUT2D eigenvalue weighted by atomic mass is 10.3. The number of pyridine rings is 1. The zero-order valence-electron chi connectivity index (χ0n) is 8.92. The molecule has 0 spiro atoms. The monoisotopic (exact) mass is 302 g/mol. The molecule has 0 aromatic carbocycles. The highest BCUT2D eigenvalue weighted by atomic mass is 35.5. The Morgan fingerprint density at radius 3 is 2.62 bits per heavy atom. The van der Waals surface area contributed by atoms with Gasteiger partial charge in [0.15, 0.2) is 0 Å². The van der Waals surface area contributed by atoms with E-state index in [-0.39, 0.29) is 12.4 Å². The Balaban J connectivity index is 0.00000225. The van der Waals surface area contributed by atoms with Crippen molar-refractivity contribution in [2.75, 3.05) is 24.4 Å². The van der Waals surface area contributed by atoms with E-state index in [1.807, 2.05) is 13.1 Å². The fourth-order valence-corrected chi connectivity index (χ4v) is 1.99. The van der Waals surface area contributed by atoms with Gasteiger partial charge in [-0.05, 0) is 12.5 Å². The van der Waals surface area contributed by atoms with E-state index in [9.17, 15) is 0 Å². The number of hydrogen-bond acceptors (Lipinski definition) is 2. The van der Waals surface area contributed by atoms with E-state index in [0.717, 1.165) is 18.7 Å². The van der Waals surface area contributed by atoms with Crippen LogP contribution in [0.25, 0.3) is 0 Å². The summed E-state index contributed by atoms with van der Waals surface area (Å²) < 4.78 is 0. The zero-order valence-corrected chi connectivity index (χ0v) is 12.0. The second-order valence-electron chi connectivity index (χ2n) is 3.19. The lowest BCUT2D eigenvalue weighted by Gasteiger charge is -2.20. The number of anilines is 1. The van der Waals surface area contributed by atoms with Crippen molar-refractivity contribution in [1.82, 2.24) is 4.98 Å². The number of halogens is 4. The van der Waals surface area contributed by atoms with Gasteiger partial charge < -0.3 is 4.90 Å². The minimum absolute atomic E-state index is 0. The number of aromatic nitrogens is 1. The molecule has 1 aromatic rings. The molecule has 0 saturated heterocycles. The van der Waals surface area contributed by atoms with Crippen LogP contribution in [-0.2, 0) is 5.88 Å². The number of rotatable bonds is 5. The predicted octanol–water partition coefficient (Wildman–Crippen LogP) is 3.96. The minimum Gasteiger partial charge on any atom is -0.373 e. The summed E-state index contributed by atoms with van der Waals surface area (Å²) in [5, 5.41) is 0.629. The second-order valence-corrected chi connectivity index (χ2v) is 4.21. The van der Waals surface area contributed by atoms with Crippen molar-refractivity contribution in [3.8, 4) is 0 Å². The summed E-state index contributed by atoms with van der Waals surface area (Å²) in [6.45, 7) is 0.870. The smallest absolute Gasteiger partial charge is 0.0867 e. The van der Waals surface area contributed by atoms with Gasteiger partial charge >= 0.3 is 0 Å². The molecule has 1 rings (SSSR count). The highest BCUT2D eigenvalue weighted by molar-refractivity contribution is 6.34. The Labute approximate surface area is 117 Å². The first kappa shape index (κ1) is 16.1. The van der Waals surface area contributed by atoms with E-state index in [4.69, 9.17) is 34.8 Å². The van der Waals surface area contributed by atoms with E-state index in [1.165, 1.54) is 0 Å². The highest BCUT2D eigenvalue weighted by Gasteiger charge is 2.09. The van der Waals surface area contributed by atoms with Crippen LogP contribution in [0.1, 0.15) is 12.1 Å². The highest BCUT2D eigenvalue weighted by Crippen LogP contribution is 2.27. The first-order valence-electron chi connectivity index (χ1n) is 4.67. The molecule has 2 nitrogen and oxygen atoms in total. The Bertz CT molecular complexity index is 320. The molecule has 1 heterocycles. The molecular weight excluding hydrogens is 290 g/mol. The fourth-order valence-electron chi connectivity index (χ4n) is 1.28. The third-order valence-electron chi connectivity index (χ3n) is 2.11. The molecule has 0 fully saturated rings. The van der Waals surface area contributed by atoms with E-state index in [2.05, 4.69) is 9.88 Å². The summed E-state index contributed by atoms with van der Waals surface area (Å²) >= 11 is 17.5. The Morgan fingerprint density at radius 1 is 1.38 bits per heavy atom. The summed E-state index contributed by atoms with van der Waals surface area (Å²) in [7, 11) is 1.98. The normalized spacial score (nSPS) is 9.75. The van der Waals surface area contributed by atoms with Crippen molar-refractivity contribution in [3.63, 3.8) is 0 Å². The van der Waals surface area contributed by atoms with Crippen LogP contribution in [-0.4, -0.2) is 24.5 Å². The van der Waals surface area contributed by atoms with E-state index in [1.54, 1.807) is 6.20 Å². The molecule has 0 unspecified atom stereocenters. The molecule has 16 heavy (non-hydrogen) atoms. The molecule has 92 valence electrons. The fraction of sp³-hybridized carbons (Fsp3) is 0.500. The van der Waals surface area contributed by atoms with Crippen LogP contribution >= 0.6 is 47.2 Å². The van der Waals surface area contributed by atoms with Gasteiger partial charge in [0.1, 0.15) is 0 Å². The molecule has 0 saturated carbocycles. The zero-order chi connectivity index (χ0) is 11.3. The third-order valence-corrected chi connectivity index (χ3v) is 3.04. The quantitative estimate of drug-likeness (QED) is 0.765. The van der Waals surface area contributed by atoms with Crippen molar-refractivity contribution in [2.45, 2.75) is 12.3 Å². The second kappa shape index (κ2) is 8.24. The molecule has 0 bridgehead atoms. The van der Waals surface area contributed by atoms with Gasteiger partial charge in [-0.3, -0.25) is 4.98 Å². The maximum absolute atomic E-state index is 6.16. The van der Waals surface area contributed by atoms with Crippen LogP contribution in [0.3, 0.4) is 0 Å². The Morgan fingerprint density at radius 2 is 2.06 bits per heavy atom. The van der Waals surface area contributed by atoms with Crippen LogP contribution in [0.2, 0.25) is 5.02 Å². The largest absolute Gasteiger partial charge is 0.373 e. The van der Waals surface area contributed by atoms with Gasteiger partial charge in [0.25, 0.3) is 0 Å². The molecule has 0 atom stereocenters. The maximum atomic E-state index is 6.16. The topological polar surface area (TPSA) is 16.1 Å². The first-order valence-corrected chi connectivity index (χ1v) is 6.11. The Hall–Kier alpha value is 0.110. The molecule has 0 radical (unpaired) electrons. The molecule has 6 heteroatoms. The number of hydrogen-bond donors (Lipinski definition) is 0. The van der Waals surface area contributed by atoms with E-state index < -0.39 is 0 Å². The van der Waals surface area contributed by atoms with Gasteiger partial charge in [0, 0.05) is 25.7 Å². The molecule has 0 aliphatic heterocycles. The summed E-state index contributed by atoms with van der Waals surface area (Å²) in [5.74, 6) is 0.978. The van der Waals surface area contributed by atoms with Gasteiger partial charge in [0.05, 0.1) is 22.3 Å². The van der Waals surface area contributed by atoms with Crippen LogP contribution in [0.4, 0.5) is 5.69 Å². The predicted molar refractivity (Wildman–Crippen MR) is 74.7 cm³/mol. The third kappa shape index (κ3) is 4.17. The first-order chi connectivity index (χ1) is 7.20. The van der Waals surface area contributed by atoms with Gasteiger partial charge in [-0.15, -0.1) is 35.6 Å².